The molecule has 1 aliphatic heterocycles. The van der Waals surface area contributed by atoms with Crippen LogP contribution >= 0.6 is 0 Å². The monoisotopic (exact) mass is 292 g/mol. The smallest absolute Gasteiger partial charge is 0.224 e. The molecule has 0 bridgehead atoms. The van der Waals surface area contributed by atoms with E-state index >= 15 is 0 Å². The van der Waals surface area contributed by atoms with Crippen LogP contribution < -0.4 is 0 Å². The van der Waals surface area contributed by atoms with E-state index in [1.807, 2.05) is 17.9 Å². The summed E-state index contributed by atoms with van der Waals surface area (Å²) in [5.41, 5.74) is 0. The van der Waals surface area contributed by atoms with Gasteiger partial charge in [0, 0.05) is 38.1 Å². The first kappa shape index (κ1) is 15.9. The second kappa shape index (κ2) is 8.05. The molecule has 21 heavy (non-hydrogen) atoms. The van der Waals surface area contributed by atoms with E-state index in [0.717, 1.165) is 25.3 Å². The molecule has 1 aromatic heterocycles. The van der Waals surface area contributed by atoms with Crippen molar-refractivity contribution in [3.05, 3.63) is 24.3 Å². The van der Waals surface area contributed by atoms with Crippen LogP contribution in [0.2, 0.25) is 0 Å². The first-order valence-electron chi connectivity index (χ1n) is 7.52. The van der Waals surface area contributed by atoms with Crippen LogP contribution in [0.25, 0.3) is 0 Å². The van der Waals surface area contributed by atoms with E-state index in [-0.39, 0.29) is 5.91 Å². The highest BCUT2D eigenvalue weighted by Crippen LogP contribution is 2.16. The van der Waals surface area contributed by atoms with Crippen molar-refractivity contribution in [1.82, 2.24) is 19.8 Å². The number of aromatic nitrogens is 2. The molecule has 0 radical (unpaired) electrons. The van der Waals surface area contributed by atoms with E-state index in [9.17, 15) is 4.79 Å². The quantitative estimate of drug-likeness (QED) is 0.700. The number of nitrogens with zero attached hydrogens (tertiary/aromatic N) is 4. The zero-order chi connectivity index (χ0) is 15.1. The van der Waals surface area contributed by atoms with E-state index in [4.69, 9.17) is 4.74 Å². The summed E-state index contributed by atoms with van der Waals surface area (Å²) in [4.78, 5) is 24.7. The van der Waals surface area contributed by atoms with Gasteiger partial charge >= 0.3 is 0 Å². The first-order valence-corrected chi connectivity index (χ1v) is 7.52. The second-order valence-corrected chi connectivity index (χ2v) is 5.31. The Morgan fingerprint density at radius 3 is 2.95 bits per heavy atom. The third-order valence-electron chi connectivity index (χ3n) is 3.81. The lowest BCUT2D eigenvalue weighted by molar-refractivity contribution is -0.131. The number of ether oxygens (including phenoxy) is 1. The normalized spacial score (nSPS) is 18.4. The molecule has 1 aliphatic rings. The maximum Gasteiger partial charge on any atom is 0.224 e. The summed E-state index contributed by atoms with van der Waals surface area (Å²) in [5.74, 6) is 1.01. The summed E-state index contributed by atoms with van der Waals surface area (Å²) in [5, 5.41) is 0. The molecule has 0 aliphatic carbocycles. The van der Waals surface area contributed by atoms with Gasteiger partial charge in [0.05, 0.1) is 19.6 Å². The van der Waals surface area contributed by atoms with Crippen LogP contribution in [0, 0.1) is 0 Å². The van der Waals surface area contributed by atoms with Gasteiger partial charge in [-0.15, -0.1) is 0 Å². The van der Waals surface area contributed by atoms with Gasteiger partial charge in [-0.2, -0.15) is 0 Å². The fourth-order valence-electron chi connectivity index (χ4n) is 2.55. The molecular formula is C15H24N4O2. The zero-order valence-electron chi connectivity index (χ0n) is 12.9. The number of likely N-dealkylation sites (tertiary alicyclic amines) is 1. The van der Waals surface area contributed by atoms with Crippen LogP contribution in [0.5, 0.6) is 0 Å². The Kier molecular flexibility index (Phi) is 6.07. The average Bonchev–Trinajstić information content (AvgIpc) is 2.98. The van der Waals surface area contributed by atoms with Crippen LogP contribution in [0.4, 0.5) is 0 Å². The summed E-state index contributed by atoms with van der Waals surface area (Å²) in [7, 11) is 2.06. The van der Waals surface area contributed by atoms with Crippen molar-refractivity contribution in [2.24, 2.45) is 0 Å². The first-order chi connectivity index (χ1) is 10.2. The van der Waals surface area contributed by atoms with Gasteiger partial charge in [-0.25, -0.2) is 9.97 Å². The molecule has 1 aromatic rings. The van der Waals surface area contributed by atoms with Crippen LogP contribution in [0.15, 0.2) is 18.5 Å². The molecule has 116 valence electrons. The lowest BCUT2D eigenvalue weighted by Crippen LogP contribution is -2.36. The molecule has 1 amide bonds. The number of likely N-dealkylation sites (N-methyl/N-ethyl adjacent to an activating group) is 1. The fraction of sp³-hybridized carbons (Fsp3) is 0.667. The minimum Gasteiger partial charge on any atom is -0.381 e. The Morgan fingerprint density at radius 2 is 2.24 bits per heavy atom. The maximum atomic E-state index is 12.0. The number of carbonyl (C=O) groups is 1. The molecule has 1 saturated heterocycles. The minimum atomic E-state index is 0.190. The van der Waals surface area contributed by atoms with Gasteiger partial charge in [0.1, 0.15) is 5.82 Å². The molecule has 6 nitrogen and oxygen atoms in total. The van der Waals surface area contributed by atoms with Crippen molar-refractivity contribution < 1.29 is 9.53 Å². The third kappa shape index (κ3) is 4.75. The number of carbonyl (C=O) groups excluding carboxylic acids is 1. The molecule has 2 rings (SSSR count). The summed E-state index contributed by atoms with van der Waals surface area (Å²) in [6.45, 7) is 5.45. The van der Waals surface area contributed by atoms with Crippen LogP contribution in [0.3, 0.4) is 0 Å². The van der Waals surface area contributed by atoms with Gasteiger partial charge in [-0.3, -0.25) is 9.69 Å². The van der Waals surface area contributed by atoms with Crippen molar-refractivity contribution >= 4 is 5.91 Å². The number of hydrogen-bond donors (Lipinski definition) is 0. The molecular weight excluding hydrogens is 268 g/mol. The standard InChI is InChI=1S/C15H24N4O2/c1-3-21-10-6-15(20)19-9-5-13(11-19)18(2)12-14-16-7-4-8-17-14/h4,7-8,13H,3,5-6,9-12H2,1-2H3/t13-/m1/s1. The molecule has 0 aromatic carbocycles. The van der Waals surface area contributed by atoms with E-state index in [2.05, 4.69) is 21.9 Å². The fourth-order valence-corrected chi connectivity index (χ4v) is 2.55. The summed E-state index contributed by atoms with van der Waals surface area (Å²) < 4.78 is 5.24. The molecule has 0 saturated carbocycles. The van der Waals surface area contributed by atoms with Crippen LogP contribution in [-0.2, 0) is 16.1 Å². The highest BCUT2D eigenvalue weighted by molar-refractivity contribution is 5.76. The molecule has 0 N–H and O–H groups in total. The highest BCUT2D eigenvalue weighted by Gasteiger charge is 2.28. The largest absolute Gasteiger partial charge is 0.381 e. The van der Waals surface area contributed by atoms with Gasteiger partial charge in [-0.05, 0) is 26.5 Å². The van der Waals surface area contributed by atoms with Crippen molar-refractivity contribution in [1.29, 1.82) is 0 Å². The van der Waals surface area contributed by atoms with E-state index in [1.54, 1.807) is 12.4 Å². The molecule has 0 unspecified atom stereocenters. The Morgan fingerprint density at radius 1 is 1.48 bits per heavy atom. The van der Waals surface area contributed by atoms with Crippen LogP contribution in [0.1, 0.15) is 25.6 Å². The molecule has 6 heteroatoms. The van der Waals surface area contributed by atoms with Gasteiger partial charge in [0.15, 0.2) is 0 Å². The summed E-state index contributed by atoms with van der Waals surface area (Å²) in [6, 6.07) is 2.20. The highest BCUT2D eigenvalue weighted by atomic mass is 16.5. The van der Waals surface area contributed by atoms with Crippen molar-refractivity contribution in [2.75, 3.05) is 33.4 Å². The van der Waals surface area contributed by atoms with Crippen LogP contribution in [-0.4, -0.2) is 65.1 Å². The predicted octanol–water partition coefficient (Wildman–Crippen LogP) is 0.936. The molecule has 1 fully saturated rings. The number of rotatable bonds is 7. The molecule has 1 atom stereocenters. The van der Waals surface area contributed by atoms with Gasteiger partial charge in [0.25, 0.3) is 0 Å². The SMILES string of the molecule is CCOCCC(=O)N1CC[C@@H](N(C)Cc2ncccn2)C1. The van der Waals surface area contributed by atoms with Crippen molar-refractivity contribution in [3.8, 4) is 0 Å². The maximum absolute atomic E-state index is 12.0. The van der Waals surface area contributed by atoms with Gasteiger partial charge in [0.2, 0.25) is 5.91 Å². The van der Waals surface area contributed by atoms with Crippen molar-refractivity contribution in [2.45, 2.75) is 32.4 Å². The topological polar surface area (TPSA) is 58.6 Å². The molecule has 2 heterocycles. The Balaban J connectivity index is 1.77. The lowest BCUT2D eigenvalue weighted by atomic mass is 10.2. The van der Waals surface area contributed by atoms with E-state index < -0.39 is 0 Å². The Hall–Kier alpha value is -1.53. The second-order valence-electron chi connectivity index (χ2n) is 5.31. The van der Waals surface area contributed by atoms with Gasteiger partial charge in [-0.1, -0.05) is 0 Å². The summed E-state index contributed by atoms with van der Waals surface area (Å²) in [6.07, 6.45) is 5.00. The Labute approximate surface area is 126 Å². The number of amides is 1. The van der Waals surface area contributed by atoms with E-state index in [0.29, 0.717) is 32.2 Å². The van der Waals surface area contributed by atoms with Crippen molar-refractivity contribution in [3.63, 3.8) is 0 Å². The minimum absolute atomic E-state index is 0.190. The van der Waals surface area contributed by atoms with Gasteiger partial charge < -0.3 is 9.64 Å². The van der Waals surface area contributed by atoms with E-state index in [1.165, 1.54) is 0 Å². The predicted molar refractivity (Wildman–Crippen MR) is 79.6 cm³/mol. The Bertz CT molecular complexity index is 441. The zero-order valence-corrected chi connectivity index (χ0v) is 12.9. The number of hydrogen-bond acceptors (Lipinski definition) is 5. The summed E-state index contributed by atoms with van der Waals surface area (Å²) >= 11 is 0. The lowest BCUT2D eigenvalue weighted by Gasteiger charge is -2.24. The third-order valence-corrected chi connectivity index (χ3v) is 3.81. The average molecular weight is 292 g/mol. The molecule has 0 spiro atoms.